The minimum Gasteiger partial charge on any atom is -0.325 e. The van der Waals surface area contributed by atoms with Crippen LogP contribution in [0.4, 0.5) is 4.39 Å². The number of aromatic nitrogens is 2. The van der Waals surface area contributed by atoms with Crippen LogP contribution in [-0.2, 0) is 6.54 Å². The van der Waals surface area contributed by atoms with Gasteiger partial charge in [0.2, 0.25) is 0 Å². The highest BCUT2D eigenvalue weighted by Crippen LogP contribution is 2.11. The first-order valence-electron chi connectivity index (χ1n) is 5.35. The van der Waals surface area contributed by atoms with E-state index < -0.39 is 11.5 Å². The Balaban J connectivity index is 2.47. The highest BCUT2D eigenvalue weighted by Gasteiger charge is 2.14. The van der Waals surface area contributed by atoms with Gasteiger partial charge in [0.15, 0.2) is 0 Å². The van der Waals surface area contributed by atoms with E-state index in [-0.39, 0.29) is 17.9 Å². The summed E-state index contributed by atoms with van der Waals surface area (Å²) in [6, 6.07) is 5.26. The van der Waals surface area contributed by atoms with Crippen molar-refractivity contribution < 1.29 is 9.18 Å². The largest absolute Gasteiger partial charge is 0.325 e. The molecule has 0 fully saturated rings. The summed E-state index contributed by atoms with van der Waals surface area (Å²) in [6.45, 7) is 1.62. The number of nitrogens with one attached hydrogen (secondary N) is 1. The number of H-pyrrole nitrogens is 1. The van der Waals surface area contributed by atoms with E-state index >= 15 is 0 Å². The maximum Gasteiger partial charge on any atom is 0.276 e. The van der Waals surface area contributed by atoms with Crippen molar-refractivity contribution in [2.75, 3.05) is 0 Å². The lowest BCUT2D eigenvalue weighted by atomic mass is 10.1. The Bertz CT molecular complexity index is 658. The van der Waals surface area contributed by atoms with Crippen LogP contribution in [0.3, 0.4) is 0 Å². The molecule has 5 nitrogen and oxygen atoms in total. The number of aryl methyl sites for hydroxylation is 1. The summed E-state index contributed by atoms with van der Waals surface area (Å²) in [7, 11) is 0. The Labute approximate surface area is 102 Å². The lowest BCUT2D eigenvalue weighted by molar-refractivity contribution is 0.0941. The van der Waals surface area contributed by atoms with Crippen molar-refractivity contribution in [1.82, 2.24) is 9.78 Å². The van der Waals surface area contributed by atoms with Gasteiger partial charge in [-0.2, -0.15) is 0 Å². The van der Waals surface area contributed by atoms with Crippen molar-refractivity contribution in [3.05, 3.63) is 57.3 Å². The summed E-state index contributed by atoms with van der Waals surface area (Å²) in [4.78, 5) is 23.3. The number of nitrogens with two attached hydrogens (primary N) is 1. The SMILES string of the molecule is Cc1cc(C(=O)n2[nH]c(=O)cc2CN)ccc1F. The molecule has 0 radical (unpaired) electrons. The molecule has 1 aromatic heterocycles. The third kappa shape index (κ3) is 2.10. The molecule has 0 bridgehead atoms. The van der Waals surface area contributed by atoms with Crippen LogP contribution in [0.5, 0.6) is 0 Å². The minimum absolute atomic E-state index is 0.0602. The average molecular weight is 249 g/mol. The molecule has 0 unspecified atom stereocenters. The lowest BCUT2D eigenvalue weighted by Crippen LogP contribution is -2.19. The fourth-order valence-electron chi connectivity index (χ4n) is 1.67. The molecule has 1 aromatic carbocycles. The van der Waals surface area contributed by atoms with E-state index in [2.05, 4.69) is 5.10 Å². The van der Waals surface area contributed by atoms with Crippen LogP contribution >= 0.6 is 0 Å². The molecule has 0 spiro atoms. The van der Waals surface area contributed by atoms with Crippen LogP contribution in [0.15, 0.2) is 29.1 Å². The number of carbonyl (C=O) groups excluding carboxylic acids is 1. The maximum atomic E-state index is 13.1. The van der Waals surface area contributed by atoms with Crippen LogP contribution in [0.1, 0.15) is 21.6 Å². The maximum absolute atomic E-state index is 13.1. The molecule has 0 saturated carbocycles. The minimum atomic E-state index is -0.444. The van der Waals surface area contributed by atoms with Crippen molar-refractivity contribution >= 4 is 5.91 Å². The van der Waals surface area contributed by atoms with Crippen LogP contribution in [0, 0.1) is 12.7 Å². The normalized spacial score (nSPS) is 10.6. The molecule has 0 aliphatic heterocycles. The summed E-state index contributed by atoms with van der Waals surface area (Å²) in [5.74, 6) is -0.827. The molecule has 18 heavy (non-hydrogen) atoms. The molecule has 6 heteroatoms. The van der Waals surface area contributed by atoms with Crippen LogP contribution in [0.25, 0.3) is 0 Å². The summed E-state index contributed by atoms with van der Waals surface area (Å²) in [5, 5.41) is 2.37. The van der Waals surface area contributed by atoms with E-state index in [1.54, 1.807) is 6.92 Å². The van der Waals surface area contributed by atoms with E-state index in [0.29, 0.717) is 11.3 Å². The first-order chi connectivity index (χ1) is 8.52. The highest BCUT2D eigenvalue weighted by atomic mass is 19.1. The molecule has 0 aliphatic rings. The van der Waals surface area contributed by atoms with E-state index in [9.17, 15) is 14.0 Å². The number of halogens is 1. The van der Waals surface area contributed by atoms with Gasteiger partial charge in [-0.1, -0.05) is 0 Å². The number of aromatic amines is 1. The smallest absolute Gasteiger partial charge is 0.276 e. The average Bonchev–Trinajstić information content (AvgIpc) is 2.73. The molecule has 2 aromatic rings. The molecule has 0 saturated heterocycles. The highest BCUT2D eigenvalue weighted by molar-refractivity contribution is 5.95. The number of carbonyl (C=O) groups is 1. The summed E-state index contributed by atoms with van der Waals surface area (Å²) in [6.07, 6.45) is 0. The van der Waals surface area contributed by atoms with Gasteiger partial charge in [-0.15, -0.1) is 0 Å². The molecule has 2 rings (SSSR count). The Morgan fingerprint density at radius 1 is 1.44 bits per heavy atom. The van der Waals surface area contributed by atoms with Crippen molar-refractivity contribution in [2.24, 2.45) is 5.73 Å². The lowest BCUT2D eigenvalue weighted by Gasteiger charge is -2.06. The van der Waals surface area contributed by atoms with Crippen LogP contribution in [-0.4, -0.2) is 15.7 Å². The zero-order chi connectivity index (χ0) is 13.3. The Morgan fingerprint density at radius 2 is 2.17 bits per heavy atom. The second-order valence-corrected chi connectivity index (χ2v) is 3.92. The van der Waals surface area contributed by atoms with Crippen LogP contribution < -0.4 is 11.3 Å². The zero-order valence-electron chi connectivity index (χ0n) is 9.74. The molecule has 0 aliphatic carbocycles. The number of hydrogen-bond donors (Lipinski definition) is 2. The fourth-order valence-corrected chi connectivity index (χ4v) is 1.67. The fraction of sp³-hybridized carbons (Fsp3) is 0.167. The predicted octanol–water partition coefficient (Wildman–Crippen LogP) is 0.771. The van der Waals surface area contributed by atoms with Crippen molar-refractivity contribution in [2.45, 2.75) is 13.5 Å². The van der Waals surface area contributed by atoms with Gasteiger partial charge in [0.05, 0.1) is 5.69 Å². The monoisotopic (exact) mass is 249 g/mol. The van der Waals surface area contributed by atoms with Gasteiger partial charge in [-0.25, -0.2) is 9.07 Å². The standard InChI is InChI=1S/C12H12FN3O2/c1-7-4-8(2-3-10(7)13)12(18)16-9(6-14)5-11(17)15-16/h2-5H,6,14H2,1H3,(H,15,17). The third-order valence-corrected chi connectivity index (χ3v) is 2.62. The Hall–Kier alpha value is -2.21. The summed E-state index contributed by atoms with van der Waals surface area (Å²) < 4.78 is 14.2. The molecular weight excluding hydrogens is 237 g/mol. The third-order valence-electron chi connectivity index (χ3n) is 2.62. The number of nitrogens with zero attached hydrogens (tertiary/aromatic N) is 1. The second-order valence-electron chi connectivity index (χ2n) is 3.92. The number of benzene rings is 1. The van der Waals surface area contributed by atoms with Gasteiger partial charge in [0.25, 0.3) is 11.5 Å². The van der Waals surface area contributed by atoms with Gasteiger partial charge >= 0.3 is 0 Å². The van der Waals surface area contributed by atoms with E-state index in [1.807, 2.05) is 0 Å². The van der Waals surface area contributed by atoms with Crippen molar-refractivity contribution in [3.8, 4) is 0 Å². The zero-order valence-corrected chi connectivity index (χ0v) is 9.74. The quantitative estimate of drug-likeness (QED) is 0.824. The molecule has 94 valence electrons. The summed E-state index contributed by atoms with van der Waals surface area (Å²) in [5.41, 5.74) is 6.08. The van der Waals surface area contributed by atoms with Crippen LogP contribution in [0.2, 0.25) is 0 Å². The summed E-state index contributed by atoms with van der Waals surface area (Å²) >= 11 is 0. The van der Waals surface area contributed by atoms with Crippen molar-refractivity contribution in [3.63, 3.8) is 0 Å². The molecule has 1 heterocycles. The molecule has 0 amide bonds. The Morgan fingerprint density at radius 3 is 2.78 bits per heavy atom. The second kappa shape index (κ2) is 4.58. The van der Waals surface area contributed by atoms with Gasteiger partial charge in [-0.05, 0) is 30.7 Å². The van der Waals surface area contributed by atoms with E-state index in [4.69, 9.17) is 5.73 Å². The topological polar surface area (TPSA) is 80.9 Å². The number of hydrogen-bond acceptors (Lipinski definition) is 3. The van der Waals surface area contributed by atoms with E-state index in [1.165, 1.54) is 24.3 Å². The van der Waals surface area contributed by atoms with Gasteiger partial charge < -0.3 is 5.73 Å². The molecule has 3 N–H and O–H groups in total. The number of rotatable bonds is 2. The first-order valence-corrected chi connectivity index (χ1v) is 5.35. The van der Waals surface area contributed by atoms with Gasteiger partial charge in [-0.3, -0.25) is 14.7 Å². The molecule has 0 atom stereocenters. The molecular formula is C12H12FN3O2. The van der Waals surface area contributed by atoms with Gasteiger partial charge in [0, 0.05) is 18.2 Å². The van der Waals surface area contributed by atoms with Crippen molar-refractivity contribution in [1.29, 1.82) is 0 Å². The Kier molecular flexibility index (Phi) is 3.12. The van der Waals surface area contributed by atoms with E-state index in [0.717, 1.165) is 4.68 Å². The van der Waals surface area contributed by atoms with Gasteiger partial charge in [0.1, 0.15) is 5.82 Å². The predicted molar refractivity (Wildman–Crippen MR) is 63.8 cm³/mol. The first kappa shape index (κ1) is 12.3.